The van der Waals surface area contributed by atoms with E-state index in [1.54, 1.807) is 45.9 Å². The number of fused-ring (bicyclic) bond motifs is 1. The number of ether oxygens (including phenoxy) is 3. The highest BCUT2D eigenvalue weighted by molar-refractivity contribution is 5.78. The summed E-state index contributed by atoms with van der Waals surface area (Å²) in [6, 6.07) is 7.65. The fourth-order valence-corrected chi connectivity index (χ4v) is 3.40. The first-order valence-corrected chi connectivity index (χ1v) is 10.5. The number of oxazole rings is 1. The monoisotopic (exact) mass is 467 g/mol. The molecular formula is C24H22FN3O6. The van der Waals surface area contributed by atoms with E-state index in [0.29, 0.717) is 29.0 Å². The Morgan fingerprint density at radius 3 is 2.44 bits per heavy atom. The van der Waals surface area contributed by atoms with Crippen molar-refractivity contribution < 1.29 is 32.9 Å². The van der Waals surface area contributed by atoms with Crippen LogP contribution >= 0.6 is 0 Å². The van der Waals surface area contributed by atoms with Gasteiger partial charge in [0.25, 0.3) is 11.6 Å². The molecule has 9 nitrogen and oxygen atoms in total. The number of carbonyl (C=O) groups is 1. The van der Waals surface area contributed by atoms with Crippen molar-refractivity contribution in [3.05, 3.63) is 52.8 Å². The Kier molecular flexibility index (Phi) is 6.31. The van der Waals surface area contributed by atoms with Gasteiger partial charge in [-0.25, -0.2) is 14.2 Å². The minimum absolute atomic E-state index is 0.0721. The molecule has 0 unspecified atom stereocenters. The van der Waals surface area contributed by atoms with Gasteiger partial charge in [0.15, 0.2) is 12.1 Å². The lowest BCUT2D eigenvalue weighted by Gasteiger charge is -2.11. The molecular weight excluding hydrogens is 445 g/mol. The summed E-state index contributed by atoms with van der Waals surface area (Å²) in [4.78, 5) is 23.9. The van der Waals surface area contributed by atoms with Crippen molar-refractivity contribution in [1.29, 1.82) is 0 Å². The average molecular weight is 467 g/mol. The number of hydrogen-bond acceptors (Lipinski definition) is 8. The van der Waals surface area contributed by atoms with Gasteiger partial charge in [-0.3, -0.25) is 0 Å². The van der Waals surface area contributed by atoms with Gasteiger partial charge in [0.05, 0.1) is 6.61 Å². The molecule has 0 aliphatic carbocycles. The van der Waals surface area contributed by atoms with Crippen LogP contribution in [-0.4, -0.2) is 39.2 Å². The van der Waals surface area contributed by atoms with Crippen LogP contribution in [0.25, 0.3) is 22.7 Å². The molecule has 2 heterocycles. The molecule has 4 rings (SSSR count). The second-order valence-electron chi connectivity index (χ2n) is 7.55. The molecule has 0 fully saturated rings. The molecule has 4 aromatic rings. The number of carboxylic acids is 1. The normalized spacial score (nSPS) is 11.0. The fraction of sp³-hybridized carbons (Fsp3) is 0.250. The average Bonchev–Trinajstić information content (AvgIpc) is 3.20. The molecule has 0 spiro atoms. The number of benzene rings is 2. The zero-order chi connectivity index (χ0) is 24.4. The van der Waals surface area contributed by atoms with Crippen molar-refractivity contribution in [2.75, 3.05) is 13.2 Å². The predicted octanol–water partition coefficient (Wildman–Crippen LogP) is 5.00. The minimum Gasteiger partial charge on any atom is -0.481 e. The Labute approximate surface area is 194 Å². The summed E-state index contributed by atoms with van der Waals surface area (Å²) in [5.41, 5.74) is 3.24. The van der Waals surface area contributed by atoms with Gasteiger partial charge < -0.3 is 23.7 Å². The summed E-state index contributed by atoms with van der Waals surface area (Å²) >= 11 is 0. The summed E-state index contributed by atoms with van der Waals surface area (Å²) in [5.74, 6) is -0.324. The zero-order valence-electron chi connectivity index (χ0n) is 19.0. The van der Waals surface area contributed by atoms with Crippen molar-refractivity contribution in [3.8, 4) is 34.8 Å². The zero-order valence-corrected chi connectivity index (χ0v) is 19.0. The van der Waals surface area contributed by atoms with Crippen LogP contribution in [0.15, 0.2) is 34.7 Å². The molecule has 0 saturated heterocycles. The second kappa shape index (κ2) is 9.34. The standard InChI is InChI=1S/C24H22FN3O6/c1-5-31-22-19-23(28-24(27-22)33-17-10-16(25)7-6-12(17)2)34-21(26-19)15-8-13(3)20(14(4)9-15)32-11-18(29)30/h6-10H,5,11H2,1-4H3,(H,29,30). The van der Waals surface area contributed by atoms with Crippen LogP contribution in [0, 0.1) is 26.6 Å². The SMILES string of the molecule is CCOc1nc(Oc2cc(F)ccc2C)nc2oc(-c3cc(C)c(OCC(=O)O)c(C)c3)nc12. The van der Waals surface area contributed by atoms with Crippen molar-refractivity contribution >= 4 is 17.2 Å². The lowest BCUT2D eigenvalue weighted by molar-refractivity contribution is -0.139. The third-order valence-corrected chi connectivity index (χ3v) is 4.89. The van der Waals surface area contributed by atoms with Gasteiger partial charge in [-0.05, 0) is 62.6 Å². The van der Waals surface area contributed by atoms with Crippen molar-refractivity contribution in [3.63, 3.8) is 0 Å². The number of nitrogens with zero attached hydrogens (tertiary/aromatic N) is 3. The molecule has 0 amide bonds. The maximum absolute atomic E-state index is 13.7. The first-order chi connectivity index (χ1) is 16.2. The summed E-state index contributed by atoms with van der Waals surface area (Å²) in [6.07, 6.45) is 0. The molecule has 0 atom stereocenters. The smallest absolute Gasteiger partial charge is 0.341 e. The molecule has 0 aliphatic rings. The van der Waals surface area contributed by atoms with E-state index in [0.717, 1.165) is 11.1 Å². The molecule has 34 heavy (non-hydrogen) atoms. The molecule has 1 N–H and O–H groups in total. The van der Waals surface area contributed by atoms with Crippen molar-refractivity contribution in [2.24, 2.45) is 0 Å². The number of carboxylic acid groups (broad SMARTS) is 1. The molecule has 2 aromatic heterocycles. The minimum atomic E-state index is -1.06. The van der Waals surface area contributed by atoms with E-state index < -0.39 is 18.4 Å². The van der Waals surface area contributed by atoms with Gasteiger partial charge in [0, 0.05) is 11.6 Å². The predicted molar refractivity (Wildman–Crippen MR) is 120 cm³/mol. The van der Waals surface area contributed by atoms with Crippen LogP contribution < -0.4 is 14.2 Å². The Morgan fingerprint density at radius 1 is 1.03 bits per heavy atom. The van der Waals surface area contributed by atoms with E-state index in [1.807, 2.05) is 0 Å². The number of rotatable bonds is 8. The van der Waals surface area contributed by atoms with E-state index in [9.17, 15) is 9.18 Å². The van der Waals surface area contributed by atoms with Gasteiger partial charge in [0.1, 0.15) is 17.3 Å². The molecule has 2 aromatic carbocycles. The Morgan fingerprint density at radius 2 is 1.76 bits per heavy atom. The van der Waals surface area contributed by atoms with Crippen LogP contribution in [-0.2, 0) is 4.79 Å². The van der Waals surface area contributed by atoms with Gasteiger partial charge in [-0.15, -0.1) is 0 Å². The van der Waals surface area contributed by atoms with Crippen LogP contribution in [0.2, 0.25) is 0 Å². The highest BCUT2D eigenvalue weighted by Gasteiger charge is 2.20. The number of aliphatic carboxylic acids is 1. The molecule has 0 saturated carbocycles. The maximum Gasteiger partial charge on any atom is 0.341 e. The molecule has 176 valence electrons. The Hall–Kier alpha value is -4.21. The Bertz CT molecular complexity index is 1360. The lowest BCUT2D eigenvalue weighted by atomic mass is 10.1. The van der Waals surface area contributed by atoms with E-state index in [1.165, 1.54) is 12.1 Å². The van der Waals surface area contributed by atoms with Gasteiger partial charge >= 0.3 is 12.0 Å². The number of aryl methyl sites for hydroxylation is 3. The van der Waals surface area contributed by atoms with Crippen LogP contribution in [0.1, 0.15) is 23.6 Å². The van der Waals surface area contributed by atoms with Crippen LogP contribution in [0.3, 0.4) is 0 Å². The quantitative estimate of drug-likeness (QED) is 0.382. The van der Waals surface area contributed by atoms with Gasteiger partial charge in [-0.2, -0.15) is 9.97 Å². The van der Waals surface area contributed by atoms with Crippen molar-refractivity contribution in [2.45, 2.75) is 27.7 Å². The second-order valence-corrected chi connectivity index (χ2v) is 7.55. The molecule has 10 heteroatoms. The van der Waals surface area contributed by atoms with Crippen LogP contribution in [0.4, 0.5) is 4.39 Å². The first kappa shape index (κ1) is 23.0. The fourth-order valence-electron chi connectivity index (χ4n) is 3.40. The van der Waals surface area contributed by atoms with Crippen LogP contribution in [0.5, 0.6) is 23.4 Å². The highest BCUT2D eigenvalue weighted by atomic mass is 19.1. The third-order valence-electron chi connectivity index (χ3n) is 4.89. The first-order valence-electron chi connectivity index (χ1n) is 10.5. The topological polar surface area (TPSA) is 117 Å². The summed E-state index contributed by atoms with van der Waals surface area (Å²) in [7, 11) is 0. The summed E-state index contributed by atoms with van der Waals surface area (Å²) < 4.78 is 36.3. The van der Waals surface area contributed by atoms with E-state index in [4.69, 9.17) is 23.7 Å². The van der Waals surface area contributed by atoms with Crippen molar-refractivity contribution in [1.82, 2.24) is 15.0 Å². The van der Waals surface area contributed by atoms with E-state index >= 15 is 0 Å². The van der Waals surface area contributed by atoms with Gasteiger partial charge in [-0.1, -0.05) is 6.07 Å². The molecule has 0 bridgehead atoms. The number of hydrogen-bond donors (Lipinski definition) is 1. The third kappa shape index (κ3) is 4.75. The highest BCUT2D eigenvalue weighted by Crippen LogP contribution is 2.34. The van der Waals surface area contributed by atoms with E-state index in [2.05, 4.69) is 15.0 Å². The number of aromatic nitrogens is 3. The van der Waals surface area contributed by atoms with E-state index in [-0.39, 0.29) is 29.2 Å². The molecule has 0 radical (unpaired) electrons. The summed E-state index contributed by atoms with van der Waals surface area (Å²) in [6.45, 7) is 7.06. The Balaban J connectivity index is 1.74. The largest absolute Gasteiger partial charge is 0.481 e. The summed E-state index contributed by atoms with van der Waals surface area (Å²) in [5, 5.41) is 8.88. The maximum atomic E-state index is 13.7. The van der Waals surface area contributed by atoms with Gasteiger partial charge in [0.2, 0.25) is 5.89 Å². The molecule has 0 aliphatic heterocycles. The lowest BCUT2D eigenvalue weighted by Crippen LogP contribution is -2.10. The number of halogens is 1.